The maximum atomic E-state index is 14.0. The molecule has 7 rings (SSSR count). The number of carbonyl (C=O) groups is 5. The highest BCUT2D eigenvalue weighted by atomic mass is 19.1. The summed E-state index contributed by atoms with van der Waals surface area (Å²) >= 11 is 0. The molecule has 0 aromatic heterocycles. The number of fused-ring (bicyclic) bond motifs is 3. The lowest BCUT2D eigenvalue weighted by molar-refractivity contribution is -0.143. The lowest BCUT2D eigenvalue weighted by Gasteiger charge is -2.31. The molecule has 12 heteroatoms. The third-order valence-corrected chi connectivity index (χ3v) is 9.94. The Hall–Kier alpha value is -4.48. The van der Waals surface area contributed by atoms with Crippen LogP contribution in [0.15, 0.2) is 36.4 Å². The first-order chi connectivity index (χ1) is 22.3. The summed E-state index contributed by atoms with van der Waals surface area (Å²) in [6, 6.07) is 9.64. The highest BCUT2D eigenvalue weighted by Gasteiger charge is 2.59. The molecule has 11 nitrogen and oxygen atoms in total. The number of ether oxygens (including phenoxy) is 2. The summed E-state index contributed by atoms with van der Waals surface area (Å²) in [6.07, 6.45) is 3.44. The quantitative estimate of drug-likeness (QED) is 0.465. The van der Waals surface area contributed by atoms with Gasteiger partial charge in [0.15, 0.2) is 0 Å². The fourth-order valence-corrected chi connectivity index (χ4v) is 7.23. The number of alkyl carbamates (subject to hydrolysis) is 1. The fourth-order valence-electron chi connectivity index (χ4n) is 7.23. The number of halogens is 1. The van der Waals surface area contributed by atoms with Gasteiger partial charge in [0.25, 0.3) is 5.91 Å². The van der Waals surface area contributed by atoms with Gasteiger partial charge in [-0.2, -0.15) is 0 Å². The van der Waals surface area contributed by atoms with E-state index in [2.05, 4.69) is 10.6 Å². The molecular weight excluding hydrogens is 607 g/mol. The molecule has 5 aliphatic rings. The third kappa shape index (κ3) is 5.82. The van der Waals surface area contributed by atoms with Gasteiger partial charge in [-0.1, -0.05) is 12.1 Å². The summed E-state index contributed by atoms with van der Waals surface area (Å²) in [7, 11) is 0. The molecule has 0 unspecified atom stereocenters. The molecule has 3 fully saturated rings. The minimum Gasteiger partial charge on any atom is -0.444 e. The van der Waals surface area contributed by atoms with Crippen LogP contribution in [0.25, 0.3) is 0 Å². The van der Waals surface area contributed by atoms with E-state index in [1.165, 1.54) is 12.1 Å². The first kappa shape index (κ1) is 31.1. The van der Waals surface area contributed by atoms with Crippen molar-refractivity contribution in [3.05, 3.63) is 64.5 Å². The van der Waals surface area contributed by atoms with Crippen LogP contribution in [-0.4, -0.2) is 63.4 Å². The van der Waals surface area contributed by atoms with Crippen molar-refractivity contribution < 1.29 is 37.8 Å². The number of imide groups is 1. The normalized spacial score (nSPS) is 24.3. The molecule has 2 N–H and O–H groups in total. The summed E-state index contributed by atoms with van der Waals surface area (Å²) in [4.78, 5) is 69.0. The second-order valence-corrected chi connectivity index (χ2v) is 14.5. The molecule has 0 radical (unpaired) electrons. The summed E-state index contributed by atoms with van der Waals surface area (Å²) < 4.78 is 25.0. The molecule has 2 atom stereocenters. The van der Waals surface area contributed by atoms with Crippen molar-refractivity contribution in [1.82, 2.24) is 15.1 Å². The number of carbonyl (C=O) groups excluding carboxylic acids is 5. The van der Waals surface area contributed by atoms with E-state index < -0.39 is 41.4 Å². The Morgan fingerprint density at radius 3 is 2.45 bits per heavy atom. The van der Waals surface area contributed by atoms with Crippen molar-refractivity contribution in [3.8, 4) is 0 Å². The Morgan fingerprint density at radius 1 is 0.979 bits per heavy atom. The van der Waals surface area contributed by atoms with Gasteiger partial charge in [0.05, 0.1) is 0 Å². The molecule has 47 heavy (non-hydrogen) atoms. The van der Waals surface area contributed by atoms with Gasteiger partial charge in [-0.25, -0.2) is 18.9 Å². The topological polar surface area (TPSA) is 134 Å². The number of hydrogen-bond acceptors (Lipinski definition) is 7. The molecule has 1 spiro atoms. The number of nitrogens with one attached hydrogen (secondary N) is 2. The van der Waals surface area contributed by atoms with Crippen molar-refractivity contribution >= 4 is 35.6 Å². The fraction of sp³-hybridized carbons (Fsp3) is 0.514. The van der Waals surface area contributed by atoms with Crippen LogP contribution in [0.2, 0.25) is 0 Å². The predicted molar refractivity (Wildman–Crippen MR) is 166 cm³/mol. The zero-order chi connectivity index (χ0) is 33.3. The number of anilines is 1. The Bertz CT molecular complexity index is 1690. The van der Waals surface area contributed by atoms with E-state index in [9.17, 15) is 28.4 Å². The van der Waals surface area contributed by atoms with E-state index in [-0.39, 0.29) is 30.1 Å². The highest BCUT2D eigenvalue weighted by Crippen LogP contribution is 2.47. The number of amides is 5. The van der Waals surface area contributed by atoms with Crippen molar-refractivity contribution in [2.75, 3.05) is 11.9 Å². The van der Waals surface area contributed by atoms with Crippen molar-refractivity contribution in [1.29, 1.82) is 0 Å². The first-order valence-corrected chi connectivity index (χ1v) is 16.3. The number of hydrogen-bond donors (Lipinski definition) is 2. The first-order valence-electron chi connectivity index (χ1n) is 16.3. The molecule has 2 heterocycles. The minimum atomic E-state index is -1.54. The van der Waals surface area contributed by atoms with Gasteiger partial charge in [0, 0.05) is 30.3 Å². The molecule has 5 amide bonds. The van der Waals surface area contributed by atoms with E-state index >= 15 is 0 Å². The third-order valence-electron chi connectivity index (χ3n) is 9.94. The van der Waals surface area contributed by atoms with Crippen LogP contribution in [0.3, 0.4) is 0 Å². The lowest BCUT2D eigenvalue weighted by Crippen LogP contribution is -2.48. The molecule has 2 aromatic carbocycles. The van der Waals surface area contributed by atoms with Gasteiger partial charge < -0.3 is 25.0 Å². The summed E-state index contributed by atoms with van der Waals surface area (Å²) in [5.74, 6) is -1.24. The van der Waals surface area contributed by atoms with Crippen LogP contribution in [0.5, 0.6) is 0 Å². The molecular formula is C35H39FN4O7. The average molecular weight is 647 g/mol. The molecule has 3 aliphatic carbocycles. The molecule has 1 saturated heterocycles. The van der Waals surface area contributed by atoms with Gasteiger partial charge in [-0.15, -0.1) is 0 Å². The second-order valence-electron chi connectivity index (χ2n) is 14.5. The standard InChI is InChI=1S/C35H39FN4O7/c1-33(2,3)46-31(44)38-34(14-15-34)29(42)37-25-9-10-26-22(17-25)12-13-35(26)30(43)40(32(45)47-35)19-28(41)39-18-23-6-8-24(36)16-21(23)7-11-27(39)20-4-5-20/h6,8-10,16-17,20,27H,4-5,7,11-15,18-19H2,1-3H3,(H,37,42)(H,38,44)/t27-,35+/m0/s1. The molecule has 2 saturated carbocycles. The van der Waals surface area contributed by atoms with Gasteiger partial charge >= 0.3 is 12.2 Å². The van der Waals surface area contributed by atoms with E-state index in [1.54, 1.807) is 49.9 Å². The lowest BCUT2D eigenvalue weighted by atomic mass is 9.94. The number of rotatable bonds is 6. The summed E-state index contributed by atoms with van der Waals surface area (Å²) in [5, 5.41) is 5.55. The Balaban J connectivity index is 1.04. The predicted octanol–water partition coefficient (Wildman–Crippen LogP) is 4.70. The van der Waals surface area contributed by atoms with Crippen LogP contribution >= 0.6 is 0 Å². The molecule has 2 aliphatic heterocycles. The summed E-state index contributed by atoms with van der Waals surface area (Å²) in [6.45, 7) is 5.10. The Labute approximate surface area is 272 Å². The minimum absolute atomic E-state index is 0.0457. The van der Waals surface area contributed by atoms with Crippen LogP contribution in [0.4, 0.5) is 19.7 Å². The number of nitrogens with zero attached hydrogens (tertiary/aromatic N) is 2. The molecule has 0 bridgehead atoms. The van der Waals surface area contributed by atoms with Crippen LogP contribution < -0.4 is 10.6 Å². The zero-order valence-corrected chi connectivity index (χ0v) is 26.8. The van der Waals surface area contributed by atoms with Crippen LogP contribution in [0, 0.1) is 11.7 Å². The average Bonchev–Trinajstić information content (AvgIpc) is 3.92. The number of benzene rings is 2. The molecule has 248 valence electrons. The Morgan fingerprint density at radius 2 is 1.74 bits per heavy atom. The van der Waals surface area contributed by atoms with Gasteiger partial charge in [-0.3, -0.25) is 14.4 Å². The van der Waals surface area contributed by atoms with E-state index in [4.69, 9.17) is 9.47 Å². The van der Waals surface area contributed by atoms with E-state index in [1.807, 2.05) is 0 Å². The van der Waals surface area contributed by atoms with Crippen LogP contribution in [-0.2, 0) is 48.8 Å². The monoisotopic (exact) mass is 646 g/mol. The molecule has 2 aromatic rings. The van der Waals surface area contributed by atoms with E-state index in [0.29, 0.717) is 55.8 Å². The maximum absolute atomic E-state index is 14.0. The SMILES string of the molecule is CC(C)(C)OC(=O)NC1(C(=O)Nc2ccc3c(c2)CC[C@@]32OC(=O)N(CC(=O)N3Cc4ccc(F)cc4CC[C@H]3C3CC3)C2=O)CC1. The zero-order valence-electron chi connectivity index (χ0n) is 26.8. The van der Waals surface area contributed by atoms with Crippen molar-refractivity contribution in [3.63, 3.8) is 0 Å². The highest BCUT2D eigenvalue weighted by molar-refractivity contribution is 6.07. The van der Waals surface area contributed by atoms with Gasteiger partial charge in [-0.05, 0) is 113 Å². The van der Waals surface area contributed by atoms with Gasteiger partial charge in [0.1, 0.15) is 23.5 Å². The second kappa shape index (κ2) is 11.1. The smallest absolute Gasteiger partial charge is 0.418 e. The van der Waals surface area contributed by atoms with Gasteiger partial charge in [0.2, 0.25) is 17.4 Å². The van der Waals surface area contributed by atoms with Crippen molar-refractivity contribution in [2.45, 2.75) is 101 Å². The Kier molecular flexibility index (Phi) is 7.32. The summed E-state index contributed by atoms with van der Waals surface area (Å²) in [5.41, 5.74) is 0.226. The largest absolute Gasteiger partial charge is 0.444 e. The van der Waals surface area contributed by atoms with E-state index in [0.717, 1.165) is 34.4 Å². The maximum Gasteiger partial charge on any atom is 0.418 e. The van der Waals surface area contributed by atoms with Crippen molar-refractivity contribution in [2.24, 2.45) is 5.92 Å². The number of aryl methyl sites for hydroxylation is 2. The van der Waals surface area contributed by atoms with Crippen LogP contribution in [0.1, 0.15) is 81.5 Å².